The highest BCUT2D eigenvalue weighted by atomic mass is 16.4. The first kappa shape index (κ1) is 7.39. The summed E-state index contributed by atoms with van der Waals surface area (Å²) in [4.78, 5) is 9.92. The van der Waals surface area contributed by atoms with Gasteiger partial charge in [0, 0.05) is 0 Å². The van der Waals surface area contributed by atoms with Crippen LogP contribution >= 0.6 is 0 Å². The zero-order valence-electron chi connectivity index (χ0n) is 5.09. The fourth-order valence-corrected chi connectivity index (χ4v) is 0.349. The van der Waals surface area contributed by atoms with Gasteiger partial charge in [0.2, 0.25) is 0 Å². The van der Waals surface area contributed by atoms with Gasteiger partial charge < -0.3 is 5.11 Å². The Morgan fingerprint density at radius 1 is 1.75 bits per heavy atom. The molecule has 0 heterocycles. The Kier molecular flexibility index (Phi) is 1.94. The number of carbonyl (C=O) groups is 1. The summed E-state index contributed by atoms with van der Waals surface area (Å²) < 4.78 is -0.0185. The van der Waals surface area contributed by atoms with Crippen LogP contribution < -0.4 is 5.84 Å². The van der Waals surface area contributed by atoms with Crippen LogP contribution in [-0.4, -0.2) is 36.3 Å². The van der Waals surface area contributed by atoms with E-state index < -0.39 is 5.97 Å². The van der Waals surface area contributed by atoms with Crippen molar-refractivity contribution in [2.24, 2.45) is 5.84 Å². The number of likely N-dealkylation sites (N-methyl/N-ethyl adjacent to an activating group) is 1. The van der Waals surface area contributed by atoms with E-state index in [1.54, 1.807) is 14.1 Å². The molecule has 4 heteroatoms. The van der Waals surface area contributed by atoms with Crippen molar-refractivity contribution in [3.8, 4) is 0 Å². The summed E-state index contributed by atoms with van der Waals surface area (Å²) in [6.45, 7) is -0.0417. The Morgan fingerprint density at radius 2 is 2.12 bits per heavy atom. The lowest BCUT2D eigenvalue weighted by Crippen LogP contribution is -2.49. The smallest absolute Gasteiger partial charge is 0.361 e. The average Bonchev–Trinajstić information content (AvgIpc) is 1.21. The van der Waals surface area contributed by atoms with Crippen molar-refractivity contribution in [1.29, 1.82) is 0 Å². The lowest BCUT2D eigenvalue weighted by atomic mass is 10.6. The second-order valence-corrected chi connectivity index (χ2v) is 2.33. The molecular formula is C4H11N2O2+. The van der Waals surface area contributed by atoms with Crippen LogP contribution in [0.2, 0.25) is 0 Å². The normalized spacial score (nSPS) is 11.4. The largest absolute Gasteiger partial charge is 0.477 e. The average molecular weight is 119 g/mol. The Morgan fingerprint density at radius 3 is 2.12 bits per heavy atom. The predicted octanol–water partition coefficient (Wildman–Crippen LogP) is -0.979. The standard InChI is InChI=1S/C4H10N2O2/c1-6(2,5)3-4(7)8/h3,5H2,1-2H3/p+1. The highest BCUT2D eigenvalue weighted by Gasteiger charge is 2.12. The number of nitrogens with two attached hydrogens (primary N) is 1. The van der Waals surface area contributed by atoms with E-state index in [-0.39, 0.29) is 11.1 Å². The zero-order valence-corrected chi connectivity index (χ0v) is 5.09. The van der Waals surface area contributed by atoms with Crippen LogP contribution in [0.3, 0.4) is 0 Å². The van der Waals surface area contributed by atoms with Gasteiger partial charge in [0.05, 0.1) is 14.1 Å². The van der Waals surface area contributed by atoms with E-state index in [4.69, 9.17) is 10.9 Å². The van der Waals surface area contributed by atoms with Gasteiger partial charge in [-0.1, -0.05) is 0 Å². The molecule has 0 aliphatic heterocycles. The van der Waals surface area contributed by atoms with Crippen LogP contribution in [0.4, 0.5) is 0 Å². The highest BCUT2D eigenvalue weighted by Crippen LogP contribution is 1.81. The number of carboxylic acid groups (broad SMARTS) is 1. The van der Waals surface area contributed by atoms with Crippen LogP contribution in [0.5, 0.6) is 0 Å². The molecule has 0 aliphatic rings. The fraction of sp³-hybridized carbons (Fsp3) is 0.750. The van der Waals surface area contributed by atoms with Crippen molar-refractivity contribution in [1.82, 2.24) is 0 Å². The van der Waals surface area contributed by atoms with Crippen LogP contribution in [0.25, 0.3) is 0 Å². The van der Waals surface area contributed by atoms with E-state index >= 15 is 0 Å². The summed E-state index contributed by atoms with van der Waals surface area (Å²) in [7, 11) is 3.24. The number of hydrogen-bond donors (Lipinski definition) is 2. The van der Waals surface area contributed by atoms with Gasteiger partial charge in [-0.15, -0.1) is 0 Å². The zero-order chi connectivity index (χ0) is 6.78. The van der Waals surface area contributed by atoms with Crippen LogP contribution in [0, 0.1) is 0 Å². The fourth-order valence-electron chi connectivity index (χ4n) is 0.349. The van der Waals surface area contributed by atoms with Crippen molar-refractivity contribution in [2.75, 3.05) is 20.6 Å². The number of quaternary nitrogens is 1. The molecule has 0 aromatic rings. The van der Waals surface area contributed by atoms with Crippen molar-refractivity contribution in [3.63, 3.8) is 0 Å². The molecule has 0 atom stereocenters. The molecule has 0 aromatic heterocycles. The van der Waals surface area contributed by atoms with Gasteiger partial charge in [0.15, 0.2) is 6.54 Å². The second kappa shape index (κ2) is 2.11. The molecule has 4 nitrogen and oxygen atoms in total. The summed E-state index contributed by atoms with van der Waals surface area (Å²) in [6.07, 6.45) is 0. The SMILES string of the molecule is C[N+](C)(N)CC(=O)O. The monoisotopic (exact) mass is 119 g/mol. The molecular weight excluding hydrogens is 108 g/mol. The molecule has 0 radical (unpaired) electrons. The Bertz CT molecular complexity index is 94.7. The van der Waals surface area contributed by atoms with Crippen LogP contribution in [-0.2, 0) is 4.79 Å². The van der Waals surface area contributed by atoms with E-state index in [0.29, 0.717) is 0 Å². The van der Waals surface area contributed by atoms with Gasteiger partial charge in [-0.3, -0.25) is 0 Å². The maximum absolute atomic E-state index is 9.92. The summed E-state index contributed by atoms with van der Waals surface area (Å²) in [6, 6.07) is 0. The molecule has 48 valence electrons. The van der Waals surface area contributed by atoms with Crippen LogP contribution in [0.15, 0.2) is 0 Å². The number of nitrogens with zero attached hydrogens (tertiary/aromatic N) is 1. The number of carboxylic acids is 1. The quantitative estimate of drug-likeness (QED) is 0.279. The minimum Gasteiger partial charge on any atom is -0.477 e. The molecule has 0 aliphatic carbocycles. The Labute approximate surface area is 48.1 Å². The van der Waals surface area contributed by atoms with Crippen molar-refractivity contribution in [3.05, 3.63) is 0 Å². The third-order valence-corrected chi connectivity index (χ3v) is 0.543. The van der Waals surface area contributed by atoms with Crippen LogP contribution in [0.1, 0.15) is 0 Å². The maximum Gasteiger partial charge on any atom is 0.361 e. The maximum atomic E-state index is 9.92. The third kappa shape index (κ3) is 5.39. The minimum atomic E-state index is -0.877. The van der Waals surface area contributed by atoms with E-state index in [1.807, 2.05) is 0 Å². The minimum absolute atomic E-state index is 0.0185. The summed E-state index contributed by atoms with van der Waals surface area (Å²) in [5.74, 6) is 4.42. The van der Waals surface area contributed by atoms with E-state index in [9.17, 15) is 4.79 Å². The lowest BCUT2D eigenvalue weighted by Gasteiger charge is -2.18. The van der Waals surface area contributed by atoms with Crippen molar-refractivity contribution >= 4 is 5.97 Å². The Balaban J connectivity index is 3.55. The summed E-state index contributed by atoms with van der Waals surface area (Å²) in [5, 5.41) is 8.15. The topological polar surface area (TPSA) is 63.3 Å². The van der Waals surface area contributed by atoms with Gasteiger partial charge in [-0.05, 0) is 0 Å². The first-order chi connectivity index (χ1) is 3.42. The molecule has 0 amide bonds. The molecule has 0 saturated carbocycles. The summed E-state index contributed by atoms with van der Waals surface area (Å²) >= 11 is 0. The molecule has 8 heavy (non-hydrogen) atoms. The van der Waals surface area contributed by atoms with Gasteiger partial charge in [0.1, 0.15) is 0 Å². The van der Waals surface area contributed by atoms with E-state index in [2.05, 4.69) is 0 Å². The first-order valence-corrected chi connectivity index (χ1v) is 2.25. The number of rotatable bonds is 2. The van der Waals surface area contributed by atoms with Gasteiger partial charge in [-0.2, -0.15) is 5.84 Å². The molecule has 0 aromatic carbocycles. The van der Waals surface area contributed by atoms with Gasteiger partial charge in [0.25, 0.3) is 0 Å². The molecule has 0 spiro atoms. The molecule has 3 N–H and O–H groups in total. The Hall–Kier alpha value is -0.610. The molecule has 0 fully saturated rings. The van der Waals surface area contributed by atoms with E-state index in [0.717, 1.165) is 0 Å². The number of hydrogen-bond acceptors (Lipinski definition) is 2. The first-order valence-electron chi connectivity index (χ1n) is 2.25. The summed E-state index contributed by atoms with van der Waals surface area (Å²) in [5.41, 5.74) is 0. The van der Waals surface area contributed by atoms with Gasteiger partial charge >= 0.3 is 5.97 Å². The number of aliphatic carboxylic acids is 1. The molecule has 0 unspecified atom stereocenters. The molecule has 0 saturated heterocycles. The van der Waals surface area contributed by atoms with E-state index in [1.165, 1.54) is 0 Å². The van der Waals surface area contributed by atoms with Crippen molar-refractivity contribution in [2.45, 2.75) is 0 Å². The molecule has 0 rings (SSSR count). The molecule has 0 bridgehead atoms. The van der Waals surface area contributed by atoms with Gasteiger partial charge in [-0.25, -0.2) is 9.39 Å². The second-order valence-electron chi connectivity index (χ2n) is 2.33. The predicted molar refractivity (Wildman–Crippen MR) is 28.8 cm³/mol. The lowest BCUT2D eigenvalue weighted by molar-refractivity contribution is -0.895. The highest BCUT2D eigenvalue weighted by molar-refractivity contribution is 5.67. The van der Waals surface area contributed by atoms with Crippen molar-refractivity contribution < 1.29 is 14.5 Å². The third-order valence-electron chi connectivity index (χ3n) is 0.543.